The Morgan fingerprint density at radius 1 is 1.25 bits per heavy atom. The highest BCUT2D eigenvalue weighted by Crippen LogP contribution is 2.29. The molecule has 0 aliphatic carbocycles. The van der Waals surface area contributed by atoms with Crippen LogP contribution in [0.3, 0.4) is 0 Å². The summed E-state index contributed by atoms with van der Waals surface area (Å²) in [7, 11) is -1.66. The van der Waals surface area contributed by atoms with E-state index in [0.717, 1.165) is 32.5 Å². The zero-order chi connectivity index (χ0) is 14.1. The predicted octanol–water partition coefficient (Wildman–Crippen LogP) is -0.383. The fourth-order valence-electron chi connectivity index (χ4n) is 3.15. The summed E-state index contributed by atoms with van der Waals surface area (Å²) in [4.78, 5) is 14.6. The van der Waals surface area contributed by atoms with Gasteiger partial charge in [-0.15, -0.1) is 0 Å². The van der Waals surface area contributed by atoms with Crippen molar-refractivity contribution in [2.75, 3.05) is 19.6 Å². The molecule has 0 radical (unpaired) electrons. The lowest BCUT2D eigenvalue weighted by atomic mass is 9.77. The molecule has 3 fully saturated rings. The van der Waals surface area contributed by atoms with Crippen LogP contribution in [-0.4, -0.2) is 53.8 Å². The number of piperidine rings is 3. The topological polar surface area (TPSA) is 70.0 Å². The van der Waals surface area contributed by atoms with Gasteiger partial charge in [0.15, 0.2) is 0 Å². The van der Waals surface area contributed by atoms with Gasteiger partial charge in [0.1, 0.15) is 6.10 Å². The molecule has 0 aromatic heterocycles. The van der Waals surface area contributed by atoms with Gasteiger partial charge < -0.3 is 14.8 Å². The summed E-state index contributed by atoms with van der Waals surface area (Å²) in [6.45, 7) is 2.97. The average Bonchev–Trinajstić information content (AvgIpc) is 2.48. The molecule has 2 bridgehead atoms. The zero-order valence-electron chi connectivity index (χ0n) is 11.2. The number of hydrogen-bond acceptors (Lipinski definition) is 5. The maximum atomic E-state index is 12.3. The van der Waals surface area contributed by atoms with Crippen molar-refractivity contribution in [1.29, 1.82) is 0 Å². The molecule has 3 aliphatic heterocycles. The second-order valence-electron chi connectivity index (χ2n) is 5.54. The Balaban J connectivity index is 1.74. The van der Waals surface area contributed by atoms with Gasteiger partial charge in [-0.05, 0) is 43.4 Å². The van der Waals surface area contributed by atoms with Crippen molar-refractivity contribution in [3.63, 3.8) is 0 Å². The Bertz CT molecular complexity index is 500. The molecule has 5 nitrogen and oxygen atoms in total. The van der Waals surface area contributed by atoms with Crippen LogP contribution < -0.4 is 5.46 Å². The summed E-state index contributed by atoms with van der Waals surface area (Å²) in [5.41, 5.74) is 0.428. The highest BCUT2D eigenvalue weighted by atomic mass is 16.5. The molecule has 106 valence electrons. The third-order valence-corrected chi connectivity index (χ3v) is 4.31. The lowest BCUT2D eigenvalue weighted by molar-refractivity contribution is -0.0455. The molecule has 2 N–H and O–H groups in total. The first-order valence-electron chi connectivity index (χ1n) is 7.03. The molecular weight excluding hydrogens is 257 g/mol. The van der Waals surface area contributed by atoms with Crippen molar-refractivity contribution in [3.8, 4) is 0 Å². The van der Waals surface area contributed by atoms with Gasteiger partial charge in [-0.25, -0.2) is 4.79 Å². The third kappa shape index (κ3) is 2.59. The van der Waals surface area contributed by atoms with Crippen molar-refractivity contribution in [1.82, 2.24) is 4.90 Å². The van der Waals surface area contributed by atoms with Crippen LogP contribution >= 0.6 is 0 Å². The van der Waals surface area contributed by atoms with Gasteiger partial charge in [-0.2, -0.15) is 0 Å². The molecule has 1 aromatic rings. The molecule has 0 spiro atoms. The molecule has 3 heterocycles. The first-order chi connectivity index (χ1) is 9.65. The summed E-state index contributed by atoms with van der Waals surface area (Å²) in [6, 6.07) is 6.45. The summed E-state index contributed by atoms with van der Waals surface area (Å²) < 4.78 is 5.60. The van der Waals surface area contributed by atoms with Gasteiger partial charge in [0, 0.05) is 6.54 Å². The zero-order valence-corrected chi connectivity index (χ0v) is 11.2. The number of rotatable bonds is 3. The van der Waals surface area contributed by atoms with E-state index >= 15 is 0 Å². The molecule has 0 saturated carbocycles. The van der Waals surface area contributed by atoms with Crippen molar-refractivity contribution < 1.29 is 19.6 Å². The molecule has 6 heteroatoms. The fraction of sp³-hybridized carbons (Fsp3) is 0.500. The predicted molar refractivity (Wildman–Crippen MR) is 74.6 cm³/mol. The average molecular weight is 275 g/mol. The minimum atomic E-state index is -1.66. The van der Waals surface area contributed by atoms with E-state index in [1.807, 2.05) is 0 Å². The number of fused-ring (bicyclic) bond motifs is 3. The molecule has 1 aromatic carbocycles. The molecule has 1 atom stereocenters. The van der Waals surface area contributed by atoms with Crippen LogP contribution in [0.15, 0.2) is 24.3 Å². The lowest BCUT2D eigenvalue weighted by Gasteiger charge is -2.43. The van der Waals surface area contributed by atoms with Gasteiger partial charge in [-0.3, -0.25) is 4.90 Å². The Hall–Kier alpha value is -1.37. The summed E-state index contributed by atoms with van der Waals surface area (Å²) in [5, 5.41) is 18.6. The molecule has 4 rings (SSSR count). The van der Waals surface area contributed by atoms with E-state index in [2.05, 4.69) is 4.90 Å². The summed E-state index contributed by atoms with van der Waals surface area (Å²) in [6.07, 6.45) is 2.07. The van der Waals surface area contributed by atoms with Gasteiger partial charge in [0.2, 0.25) is 0 Å². The Morgan fingerprint density at radius 2 is 1.95 bits per heavy atom. The fourth-order valence-corrected chi connectivity index (χ4v) is 3.15. The van der Waals surface area contributed by atoms with Crippen molar-refractivity contribution >= 4 is 18.6 Å². The molecule has 0 amide bonds. The van der Waals surface area contributed by atoms with E-state index in [4.69, 9.17) is 4.74 Å². The monoisotopic (exact) mass is 275 g/mol. The van der Waals surface area contributed by atoms with Crippen molar-refractivity contribution in [2.45, 2.75) is 18.9 Å². The van der Waals surface area contributed by atoms with Crippen molar-refractivity contribution in [3.05, 3.63) is 29.8 Å². The van der Waals surface area contributed by atoms with Crippen LogP contribution in [0.5, 0.6) is 0 Å². The van der Waals surface area contributed by atoms with E-state index in [-0.39, 0.29) is 17.1 Å². The number of nitrogens with zero attached hydrogens (tertiary/aromatic N) is 1. The smallest absolute Gasteiger partial charge is 0.457 e. The van der Waals surface area contributed by atoms with Gasteiger partial charge in [0.05, 0.1) is 5.56 Å². The molecule has 3 aliphatic rings. The van der Waals surface area contributed by atoms with E-state index in [9.17, 15) is 14.8 Å². The SMILES string of the molecule is O=C(OC1CN2CCC1CC2)c1ccccc1B(O)O. The van der Waals surface area contributed by atoms with Crippen molar-refractivity contribution in [2.24, 2.45) is 5.92 Å². The normalized spacial score (nSPS) is 28.2. The quantitative estimate of drug-likeness (QED) is 0.581. The Labute approximate surface area is 118 Å². The van der Waals surface area contributed by atoms with E-state index in [1.165, 1.54) is 6.07 Å². The van der Waals surface area contributed by atoms with Crippen LogP contribution in [0.1, 0.15) is 23.2 Å². The second-order valence-corrected chi connectivity index (χ2v) is 5.54. The minimum absolute atomic E-state index is 0.0751. The molecule has 1 unspecified atom stereocenters. The maximum Gasteiger partial charge on any atom is 0.489 e. The highest BCUT2D eigenvalue weighted by molar-refractivity contribution is 6.60. The van der Waals surface area contributed by atoms with E-state index in [0.29, 0.717) is 5.92 Å². The largest absolute Gasteiger partial charge is 0.489 e. The Kier molecular flexibility index (Phi) is 3.78. The number of carbonyl (C=O) groups excluding carboxylic acids is 1. The number of ether oxygens (including phenoxy) is 1. The highest BCUT2D eigenvalue weighted by Gasteiger charge is 2.37. The first-order valence-corrected chi connectivity index (χ1v) is 7.03. The molecule has 3 saturated heterocycles. The Morgan fingerprint density at radius 3 is 2.55 bits per heavy atom. The molecule has 20 heavy (non-hydrogen) atoms. The van der Waals surface area contributed by atoms with Crippen LogP contribution in [-0.2, 0) is 4.74 Å². The number of carbonyl (C=O) groups is 1. The number of hydrogen-bond donors (Lipinski definition) is 2. The first kappa shape index (κ1) is 13.6. The van der Waals surface area contributed by atoms with Gasteiger partial charge in [-0.1, -0.05) is 18.2 Å². The van der Waals surface area contributed by atoms with Gasteiger partial charge in [0.25, 0.3) is 0 Å². The van der Waals surface area contributed by atoms with E-state index < -0.39 is 13.1 Å². The van der Waals surface area contributed by atoms with Crippen LogP contribution in [0.4, 0.5) is 0 Å². The van der Waals surface area contributed by atoms with Crippen LogP contribution in [0, 0.1) is 5.92 Å². The standard InChI is InChI=1S/C14H18BNO4/c17-14(11-3-1-2-4-12(11)15(18)19)20-13-9-16-7-5-10(13)6-8-16/h1-4,10,13,18-19H,5-9H2. The van der Waals surface area contributed by atoms with E-state index in [1.54, 1.807) is 18.2 Å². The number of benzene rings is 1. The van der Waals surface area contributed by atoms with Crippen LogP contribution in [0.25, 0.3) is 0 Å². The lowest BCUT2D eigenvalue weighted by Crippen LogP contribution is -2.52. The summed E-state index contributed by atoms with van der Waals surface area (Å²) in [5.74, 6) is -0.0254. The maximum absolute atomic E-state index is 12.3. The third-order valence-electron chi connectivity index (χ3n) is 4.31. The van der Waals surface area contributed by atoms with Crippen LogP contribution in [0.2, 0.25) is 0 Å². The minimum Gasteiger partial charge on any atom is -0.457 e. The van der Waals surface area contributed by atoms with Gasteiger partial charge >= 0.3 is 13.1 Å². The second kappa shape index (κ2) is 5.56. The molecular formula is C14H18BNO4. The number of esters is 1. The summed E-state index contributed by atoms with van der Waals surface area (Å²) >= 11 is 0.